The molecule has 32 heavy (non-hydrogen) atoms. The molecule has 1 atom stereocenters. The maximum Gasteiger partial charge on any atom is 0.119 e. The smallest absolute Gasteiger partial charge is 0.119 e. The molecule has 0 bridgehead atoms. The molecule has 3 aromatic rings. The minimum absolute atomic E-state index is 0.674. The molecule has 1 nitrogen and oxygen atoms in total. The Hall–Kier alpha value is -2.54. The van der Waals surface area contributed by atoms with Crippen molar-refractivity contribution in [2.75, 3.05) is 6.61 Å². The van der Waals surface area contributed by atoms with Crippen LogP contribution >= 0.6 is 0 Å². The van der Waals surface area contributed by atoms with Gasteiger partial charge in [0.15, 0.2) is 0 Å². The molecule has 0 radical (unpaired) electrons. The van der Waals surface area contributed by atoms with Gasteiger partial charge in [0.05, 0.1) is 6.61 Å². The van der Waals surface area contributed by atoms with Crippen LogP contribution in [-0.2, 0) is 12.8 Å². The van der Waals surface area contributed by atoms with Crippen LogP contribution in [0.15, 0.2) is 78.9 Å². The van der Waals surface area contributed by atoms with E-state index in [4.69, 9.17) is 4.74 Å². The Morgan fingerprint density at radius 3 is 1.94 bits per heavy atom. The van der Waals surface area contributed by atoms with Crippen molar-refractivity contribution in [1.82, 2.24) is 0 Å². The summed E-state index contributed by atoms with van der Waals surface area (Å²) in [5, 5.41) is 0. The van der Waals surface area contributed by atoms with Crippen LogP contribution in [0.1, 0.15) is 80.0 Å². The standard InChI is InChI=1S/C31H38O/c1-3-32-31-21-15-26(16-22-31)10-9-25-11-17-29(18-12-25)30-19-13-27(14-20-30)23-24(2)28-7-5-4-6-8-28/h4-8,11-12,15-18,21-22,24,27,30H,3,9-10,13-14,19-20,23H2,1-2H3. The SMILES string of the molecule is CCOc1ccc(CCc2ccc(C3CCC(CC(C)c4ccccc4)CC3)cc2)cc1. The summed E-state index contributed by atoms with van der Waals surface area (Å²) in [5.41, 5.74) is 5.86. The number of ether oxygens (including phenoxy) is 1. The van der Waals surface area contributed by atoms with E-state index < -0.39 is 0 Å². The highest BCUT2D eigenvalue weighted by atomic mass is 16.5. The third kappa shape index (κ3) is 6.25. The lowest BCUT2D eigenvalue weighted by Crippen LogP contribution is -2.15. The summed E-state index contributed by atoms with van der Waals surface area (Å²) >= 11 is 0. The van der Waals surface area contributed by atoms with E-state index in [0.717, 1.165) is 37.0 Å². The zero-order valence-corrected chi connectivity index (χ0v) is 19.8. The molecular weight excluding hydrogens is 388 g/mol. The highest BCUT2D eigenvalue weighted by molar-refractivity contribution is 5.30. The molecule has 1 fully saturated rings. The second-order valence-electron chi connectivity index (χ2n) is 9.58. The maximum absolute atomic E-state index is 5.54. The van der Waals surface area contributed by atoms with Gasteiger partial charge in [-0.15, -0.1) is 0 Å². The van der Waals surface area contributed by atoms with Gasteiger partial charge in [0, 0.05) is 0 Å². The first-order valence-electron chi connectivity index (χ1n) is 12.6. The lowest BCUT2D eigenvalue weighted by atomic mass is 9.75. The molecule has 0 saturated heterocycles. The lowest BCUT2D eigenvalue weighted by molar-refractivity contribution is 0.297. The third-order valence-electron chi connectivity index (χ3n) is 7.29. The topological polar surface area (TPSA) is 9.23 Å². The van der Waals surface area contributed by atoms with E-state index >= 15 is 0 Å². The fraction of sp³-hybridized carbons (Fsp3) is 0.419. The molecule has 0 N–H and O–H groups in total. The molecule has 0 heterocycles. The van der Waals surface area contributed by atoms with Crippen molar-refractivity contribution in [2.45, 2.75) is 70.6 Å². The van der Waals surface area contributed by atoms with E-state index in [0.29, 0.717) is 5.92 Å². The molecular formula is C31H38O. The molecule has 0 amide bonds. The largest absolute Gasteiger partial charge is 0.494 e. The van der Waals surface area contributed by atoms with Crippen LogP contribution in [0.3, 0.4) is 0 Å². The van der Waals surface area contributed by atoms with Crippen LogP contribution in [0.5, 0.6) is 5.75 Å². The van der Waals surface area contributed by atoms with Crippen molar-refractivity contribution in [2.24, 2.45) is 5.92 Å². The van der Waals surface area contributed by atoms with E-state index in [1.54, 1.807) is 5.56 Å². The second kappa shape index (κ2) is 11.4. The fourth-order valence-electron chi connectivity index (χ4n) is 5.31. The van der Waals surface area contributed by atoms with Gasteiger partial charge < -0.3 is 4.74 Å². The first-order chi connectivity index (χ1) is 15.7. The van der Waals surface area contributed by atoms with E-state index in [9.17, 15) is 0 Å². The van der Waals surface area contributed by atoms with Crippen molar-refractivity contribution in [1.29, 1.82) is 0 Å². The second-order valence-corrected chi connectivity index (χ2v) is 9.58. The van der Waals surface area contributed by atoms with Crippen molar-refractivity contribution >= 4 is 0 Å². The zero-order valence-electron chi connectivity index (χ0n) is 19.8. The Kier molecular flexibility index (Phi) is 8.04. The Morgan fingerprint density at radius 1 is 0.750 bits per heavy atom. The molecule has 0 spiro atoms. The van der Waals surface area contributed by atoms with E-state index in [1.165, 1.54) is 48.8 Å². The highest BCUT2D eigenvalue weighted by Crippen LogP contribution is 2.39. The molecule has 3 aromatic carbocycles. The summed E-state index contributed by atoms with van der Waals surface area (Å²) < 4.78 is 5.54. The first-order valence-corrected chi connectivity index (χ1v) is 12.6. The van der Waals surface area contributed by atoms with Crippen molar-refractivity contribution in [3.8, 4) is 5.75 Å². The number of aryl methyl sites for hydroxylation is 2. The van der Waals surface area contributed by atoms with Crippen LogP contribution in [0, 0.1) is 5.92 Å². The summed E-state index contributed by atoms with van der Waals surface area (Å²) in [4.78, 5) is 0. The van der Waals surface area contributed by atoms with E-state index in [2.05, 4.69) is 85.8 Å². The van der Waals surface area contributed by atoms with Crippen LogP contribution in [0.25, 0.3) is 0 Å². The lowest BCUT2D eigenvalue weighted by Gasteiger charge is -2.30. The molecule has 168 valence electrons. The Balaban J connectivity index is 1.23. The summed E-state index contributed by atoms with van der Waals surface area (Å²) in [6.07, 6.45) is 8.95. The van der Waals surface area contributed by atoms with Gasteiger partial charge in [-0.05, 0) is 104 Å². The molecule has 4 rings (SSSR count). The quantitative estimate of drug-likeness (QED) is 0.334. The van der Waals surface area contributed by atoms with Gasteiger partial charge in [-0.3, -0.25) is 0 Å². The van der Waals surface area contributed by atoms with Crippen LogP contribution < -0.4 is 4.74 Å². The Morgan fingerprint density at radius 2 is 1.34 bits per heavy atom. The van der Waals surface area contributed by atoms with E-state index in [1.807, 2.05) is 6.92 Å². The summed E-state index contributed by atoms with van der Waals surface area (Å²) in [6.45, 7) is 5.14. The average molecular weight is 427 g/mol. The first kappa shape index (κ1) is 22.6. The van der Waals surface area contributed by atoms with Crippen LogP contribution in [-0.4, -0.2) is 6.61 Å². The van der Waals surface area contributed by atoms with Gasteiger partial charge >= 0.3 is 0 Å². The molecule has 1 aliphatic rings. The monoisotopic (exact) mass is 426 g/mol. The van der Waals surface area contributed by atoms with Gasteiger partial charge in [-0.2, -0.15) is 0 Å². The molecule has 1 aliphatic carbocycles. The van der Waals surface area contributed by atoms with Crippen molar-refractivity contribution in [3.05, 3.63) is 101 Å². The van der Waals surface area contributed by atoms with Crippen LogP contribution in [0.2, 0.25) is 0 Å². The Bertz CT molecular complexity index is 918. The Labute approximate surface area is 194 Å². The van der Waals surface area contributed by atoms with Gasteiger partial charge in [-0.1, -0.05) is 73.7 Å². The normalized spacial score (nSPS) is 19.4. The summed E-state index contributed by atoms with van der Waals surface area (Å²) in [7, 11) is 0. The van der Waals surface area contributed by atoms with Crippen molar-refractivity contribution in [3.63, 3.8) is 0 Å². The van der Waals surface area contributed by atoms with Gasteiger partial charge in [0.2, 0.25) is 0 Å². The third-order valence-corrected chi connectivity index (χ3v) is 7.29. The minimum atomic E-state index is 0.674. The molecule has 1 unspecified atom stereocenters. The predicted molar refractivity (Wildman–Crippen MR) is 136 cm³/mol. The maximum atomic E-state index is 5.54. The minimum Gasteiger partial charge on any atom is -0.494 e. The fourth-order valence-corrected chi connectivity index (χ4v) is 5.31. The summed E-state index contributed by atoms with van der Waals surface area (Å²) in [5.74, 6) is 3.27. The number of hydrogen-bond donors (Lipinski definition) is 0. The van der Waals surface area contributed by atoms with Crippen LogP contribution in [0.4, 0.5) is 0 Å². The molecule has 0 aliphatic heterocycles. The number of rotatable bonds is 9. The number of benzene rings is 3. The van der Waals surface area contributed by atoms with Gasteiger partial charge in [-0.25, -0.2) is 0 Å². The summed E-state index contributed by atoms with van der Waals surface area (Å²) in [6, 6.07) is 29.1. The molecule has 0 aromatic heterocycles. The molecule has 1 heteroatoms. The predicted octanol–water partition coefficient (Wildman–Crippen LogP) is 8.34. The van der Waals surface area contributed by atoms with E-state index in [-0.39, 0.29) is 0 Å². The average Bonchev–Trinajstić information content (AvgIpc) is 2.85. The van der Waals surface area contributed by atoms with Gasteiger partial charge in [0.1, 0.15) is 5.75 Å². The zero-order chi connectivity index (χ0) is 22.2. The molecule has 1 saturated carbocycles. The number of hydrogen-bond acceptors (Lipinski definition) is 1. The highest BCUT2D eigenvalue weighted by Gasteiger charge is 2.24. The van der Waals surface area contributed by atoms with Gasteiger partial charge in [0.25, 0.3) is 0 Å². The van der Waals surface area contributed by atoms with Crippen molar-refractivity contribution < 1.29 is 4.74 Å².